The smallest absolute Gasteiger partial charge is 0.238 e. The monoisotopic (exact) mass is 670 g/mol. The Hall–Kier alpha value is -6.63. The lowest BCUT2D eigenvalue weighted by Crippen LogP contribution is -2.06. The third-order valence-corrected chi connectivity index (χ3v) is 11.0. The van der Waals surface area contributed by atoms with Gasteiger partial charge in [-0.05, 0) is 41.5 Å². The average molecular weight is 671 g/mol. The molecule has 4 aromatic heterocycles. The van der Waals surface area contributed by atoms with Crippen LogP contribution < -0.4 is 0 Å². The SMILES string of the molecule is c1ccc(-c2nc(-c3cccc4oc5ccccc5c34)nc(-n3c4ccccc4c4c(-c5ccccc5)cc5sc6ccccc6c5c43)n2)cc1. The summed E-state index contributed by atoms with van der Waals surface area (Å²) in [6, 6.07) is 54.8. The molecule has 0 N–H and O–H groups in total. The van der Waals surface area contributed by atoms with E-state index in [9.17, 15) is 0 Å². The van der Waals surface area contributed by atoms with Crippen LogP contribution in [0, 0.1) is 0 Å². The van der Waals surface area contributed by atoms with Crippen molar-refractivity contribution in [3.05, 3.63) is 158 Å². The molecule has 238 valence electrons. The van der Waals surface area contributed by atoms with Crippen LogP contribution in [0.25, 0.3) is 104 Å². The zero-order chi connectivity index (χ0) is 33.5. The molecule has 0 saturated carbocycles. The van der Waals surface area contributed by atoms with Gasteiger partial charge in [0.2, 0.25) is 5.95 Å². The predicted octanol–water partition coefficient (Wildman–Crippen LogP) is 12.2. The zero-order valence-electron chi connectivity index (χ0n) is 27.1. The van der Waals surface area contributed by atoms with Gasteiger partial charge in [-0.25, -0.2) is 4.98 Å². The Kier molecular flexibility index (Phi) is 6.05. The van der Waals surface area contributed by atoms with Gasteiger partial charge in [-0.15, -0.1) is 11.3 Å². The largest absolute Gasteiger partial charge is 0.456 e. The highest BCUT2D eigenvalue weighted by molar-refractivity contribution is 7.26. The lowest BCUT2D eigenvalue weighted by Gasteiger charge is -2.13. The second kappa shape index (κ2) is 10.9. The van der Waals surface area contributed by atoms with Gasteiger partial charge >= 0.3 is 0 Å². The van der Waals surface area contributed by atoms with Crippen LogP contribution in [0.5, 0.6) is 0 Å². The van der Waals surface area contributed by atoms with E-state index in [2.05, 4.69) is 114 Å². The van der Waals surface area contributed by atoms with Gasteiger partial charge in [-0.2, -0.15) is 9.97 Å². The van der Waals surface area contributed by atoms with Crippen LogP contribution >= 0.6 is 11.3 Å². The average Bonchev–Trinajstić information content (AvgIpc) is 3.87. The van der Waals surface area contributed by atoms with E-state index < -0.39 is 0 Å². The summed E-state index contributed by atoms with van der Waals surface area (Å²) in [5, 5.41) is 6.77. The Balaban J connectivity index is 1.32. The standard InChI is InChI=1S/C45H26N4OS/c1-3-14-27(15-4-1)33-26-38-41(31-20-9-12-25-37(31)51-38)42-40(33)29-18-7-10-22-34(29)49(42)45-47-43(28-16-5-2-6-17-28)46-44(48-45)32-21-13-24-36-39(32)30-19-8-11-23-35(30)50-36/h1-26H. The summed E-state index contributed by atoms with van der Waals surface area (Å²) >= 11 is 1.83. The highest BCUT2D eigenvalue weighted by Gasteiger charge is 2.25. The van der Waals surface area contributed by atoms with Crippen molar-refractivity contribution >= 4 is 75.3 Å². The van der Waals surface area contributed by atoms with Gasteiger partial charge in [0.15, 0.2) is 11.6 Å². The molecule has 6 heteroatoms. The van der Waals surface area contributed by atoms with Gasteiger partial charge in [0.05, 0.1) is 11.0 Å². The molecule has 4 heterocycles. The molecule has 7 aromatic carbocycles. The fourth-order valence-electron chi connectivity index (χ4n) is 7.68. The van der Waals surface area contributed by atoms with E-state index in [0.29, 0.717) is 17.6 Å². The van der Waals surface area contributed by atoms with Crippen molar-refractivity contribution in [3.63, 3.8) is 0 Å². The van der Waals surface area contributed by atoms with E-state index >= 15 is 0 Å². The van der Waals surface area contributed by atoms with Crippen molar-refractivity contribution in [2.75, 3.05) is 0 Å². The van der Waals surface area contributed by atoms with E-state index in [-0.39, 0.29) is 0 Å². The second-order valence-electron chi connectivity index (χ2n) is 12.8. The molecule has 0 aliphatic rings. The van der Waals surface area contributed by atoms with E-state index in [1.54, 1.807) is 0 Å². The molecule has 0 amide bonds. The van der Waals surface area contributed by atoms with Crippen molar-refractivity contribution < 1.29 is 4.42 Å². The minimum Gasteiger partial charge on any atom is -0.456 e. The molecule has 0 atom stereocenters. The summed E-state index contributed by atoms with van der Waals surface area (Å²) in [6.07, 6.45) is 0. The first-order valence-corrected chi connectivity index (χ1v) is 17.8. The first-order chi connectivity index (χ1) is 25.3. The fourth-order valence-corrected chi connectivity index (χ4v) is 8.83. The summed E-state index contributed by atoms with van der Waals surface area (Å²) in [4.78, 5) is 15.9. The Morgan fingerprint density at radius 1 is 0.451 bits per heavy atom. The molecule has 0 aliphatic heterocycles. The van der Waals surface area contributed by atoms with Gasteiger partial charge in [-0.1, -0.05) is 127 Å². The van der Waals surface area contributed by atoms with E-state index in [4.69, 9.17) is 19.4 Å². The Morgan fingerprint density at radius 3 is 1.96 bits per heavy atom. The van der Waals surface area contributed by atoms with Gasteiger partial charge in [-0.3, -0.25) is 4.57 Å². The van der Waals surface area contributed by atoms with Crippen molar-refractivity contribution in [2.45, 2.75) is 0 Å². The minimum atomic E-state index is 0.566. The van der Waals surface area contributed by atoms with Crippen molar-refractivity contribution in [3.8, 4) is 39.9 Å². The third-order valence-electron chi connectivity index (χ3n) is 9.86. The summed E-state index contributed by atoms with van der Waals surface area (Å²) < 4.78 is 11.0. The normalized spacial score (nSPS) is 11.9. The maximum absolute atomic E-state index is 6.31. The first kappa shape index (κ1) is 28.2. The molecular formula is C45H26N4OS. The minimum absolute atomic E-state index is 0.566. The number of benzene rings is 7. The van der Waals surface area contributed by atoms with Crippen molar-refractivity contribution in [2.24, 2.45) is 0 Å². The predicted molar refractivity (Wildman–Crippen MR) is 211 cm³/mol. The number of furan rings is 1. The van der Waals surface area contributed by atoms with Crippen LogP contribution in [0.4, 0.5) is 0 Å². The fraction of sp³-hybridized carbons (Fsp3) is 0. The molecule has 0 radical (unpaired) electrons. The Morgan fingerprint density at radius 2 is 1.12 bits per heavy atom. The molecule has 11 rings (SSSR count). The molecule has 0 saturated heterocycles. The summed E-state index contributed by atoms with van der Waals surface area (Å²) in [5.41, 5.74) is 7.94. The van der Waals surface area contributed by atoms with Gasteiger partial charge in [0, 0.05) is 52.8 Å². The van der Waals surface area contributed by atoms with Crippen LogP contribution in [-0.2, 0) is 0 Å². The second-order valence-corrected chi connectivity index (χ2v) is 13.8. The molecule has 51 heavy (non-hydrogen) atoms. The molecule has 5 nitrogen and oxygen atoms in total. The van der Waals surface area contributed by atoms with Gasteiger partial charge < -0.3 is 4.42 Å². The van der Waals surface area contributed by atoms with E-state index in [1.165, 1.54) is 36.7 Å². The third kappa shape index (κ3) is 4.24. The quantitative estimate of drug-likeness (QED) is 0.187. The number of hydrogen-bond acceptors (Lipinski definition) is 5. The number of rotatable bonds is 4. The zero-order valence-corrected chi connectivity index (χ0v) is 27.9. The number of aromatic nitrogens is 4. The van der Waals surface area contributed by atoms with Gasteiger partial charge in [0.1, 0.15) is 11.2 Å². The van der Waals surface area contributed by atoms with E-state index in [0.717, 1.165) is 49.5 Å². The van der Waals surface area contributed by atoms with Crippen molar-refractivity contribution in [1.82, 2.24) is 19.5 Å². The number of thiophene rings is 1. The number of fused-ring (bicyclic) bond motifs is 10. The molecule has 0 unspecified atom stereocenters. The lowest BCUT2D eigenvalue weighted by molar-refractivity contribution is 0.669. The van der Waals surface area contributed by atoms with Gasteiger partial charge in [0.25, 0.3) is 0 Å². The molecule has 0 aliphatic carbocycles. The highest BCUT2D eigenvalue weighted by atomic mass is 32.1. The topological polar surface area (TPSA) is 56.7 Å². The van der Waals surface area contributed by atoms with Crippen LogP contribution in [-0.4, -0.2) is 19.5 Å². The van der Waals surface area contributed by atoms with E-state index in [1.807, 2.05) is 59.9 Å². The van der Waals surface area contributed by atoms with Crippen LogP contribution in [0.2, 0.25) is 0 Å². The maximum Gasteiger partial charge on any atom is 0.238 e. The van der Waals surface area contributed by atoms with Crippen LogP contribution in [0.1, 0.15) is 0 Å². The molecule has 0 bridgehead atoms. The molecular weight excluding hydrogens is 645 g/mol. The van der Waals surface area contributed by atoms with Crippen LogP contribution in [0.15, 0.2) is 162 Å². The Bertz CT molecular complexity index is 3140. The summed E-state index contributed by atoms with van der Waals surface area (Å²) in [7, 11) is 0. The maximum atomic E-state index is 6.31. The number of nitrogens with zero attached hydrogens (tertiary/aromatic N) is 4. The molecule has 11 aromatic rings. The first-order valence-electron chi connectivity index (χ1n) is 17.0. The Labute approximate surface area is 295 Å². The molecule has 0 spiro atoms. The van der Waals surface area contributed by atoms with Crippen molar-refractivity contribution in [1.29, 1.82) is 0 Å². The number of para-hydroxylation sites is 2. The summed E-state index contributed by atoms with van der Waals surface area (Å²) in [6.45, 7) is 0. The summed E-state index contributed by atoms with van der Waals surface area (Å²) in [5.74, 6) is 1.76. The van der Waals surface area contributed by atoms with Crippen LogP contribution in [0.3, 0.4) is 0 Å². The lowest BCUT2D eigenvalue weighted by atomic mass is 9.97. The molecule has 0 fully saturated rings. The highest BCUT2D eigenvalue weighted by Crippen LogP contribution is 2.47. The number of hydrogen-bond donors (Lipinski definition) is 0.